The Morgan fingerprint density at radius 1 is 1.07 bits per heavy atom. The molecule has 0 aromatic rings. The highest BCUT2D eigenvalue weighted by molar-refractivity contribution is 5.79. The molecule has 2 rings (SSSR count). The SMILES string of the molecule is O=C1CC(NC2CNC(=O)C2)CCCN1. The number of carbonyl (C=O) groups excluding carboxylic acids is 2. The van der Waals surface area contributed by atoms with E-state index in [4.69, 9.17) is 0 Å². The molecule has 0 saturated carbocycles. The quantitative estimate of drug-likeness (QED) is 0.556. The van der Waals surface area contributed by atoms with E-state index in [1.54, 1.807) is 0 Å². The summed E-state index contributed by atoms with van der Waals surface area (Å²) in [7, 11) is 0. The van der Waals surface area contributed by atoms with Crippen LogP contribution in [0.4, 0.5) is 0 Å². The Morgan fingerprint density at radius 2 is 1.80 bits per heavy atom. The van der Waals surface area contributed by atoms with Gasteiger partial charge in [0, 0.05) is 38.0 Å². The van der Waals surface area contributed by atoms with Gasteiger partial charge in [-0.05, 0) is 12.8 Å². The van der Waals surface area contributed by atoms with E-state index in [1.165, 1.54) is 0 Å². The van der Waals surface area contributed by atoms with Gasteiger partial charge < -0.3 is 16.0 Å². The van der Waals surface area contributed by atoms with Crippen LogP contribution in [0.5, 0.6) is 0 Å². The minimum atomic E-state index is 0.102. The zero-order chi connectivity index (χ0) is 10.7. The van der Waals surface area contributed by atoms with Gasteiger partial charge in [0.05, 0.1) is 0 Å². The maximum Gasteiger partial charge on any atom is 0.221 e. The van der Waals surface area contributed by atoms with Gasteiger partial charge in [-0.1, -0.05) is 0 Å². The predicted molar refractivity (Wildman–Crippen MR) is 55.2 cm³/mol. The zero-order valence-corrected chi connectivity index (χ0v) is 8.71. The smallest absolute Gasteiger partial charge is 0.221 e. The molecule has 84 valence electrons. The molecular formula is C10H17N3O2. The highest BCUT2D eigenvalue weighted by Crippen LogP contribution is 2.09. The van der Waals surface area contributed by atoms with E-state index < -0.39 is 0 Å². The molecule has 2 aliphatic heterocycles. The first-order valence-corrected chi connectivity index (χ1v) is 5.53. The number of hydrogen-bond acceptors (Lipinski definition) is 3. The van der Waals surface area contributed by atoms with Crippen molar-refractivity contribution in [1.29, 1.82) is 0 Å². The molecule has 0 bridgehead atoms. The third-order valence-corrected chi connectivity index (χ3v) is 2.93. The Bertz CT molecular complexity index is 267. The van der Waals surface area contributed by atoms with Crippen LogP contribution >= 0.6 is 0 Å². The molecule has 2 heterocycles. The van der Waals surface area contributed by atoms with E-state index in [0.717, 1.165) is 19.4 Å². The van der Waals surface area contributed by atoms with Crippen molar-refractivity contribution in [3.63, 3.8) is 0 Å². The second-order valence-electron chi connectivity index (χ2n) is 4.27. The molecule has 2 fully saturated rings. The van der Waals surface area contributed by atoms with Crippen LogP contribution in [0.1, 0.15) is 25.7 Å². The van der Waals surface area contributed by atoms with Crippen molar-refractivity contribution in [2.24, 2.45) is 0 Å². The Labute approximate surface area is 89.0 Å². The van der Waals surface area contributed by atoms with Crippen LogP contribution in [0.3, 0.4) is 0 Å². The molecule has 5 nitrogen and oxygen atoms in total. The zero-order valence-electron chi connectivity index (χ0n) is 8.71. The number of carbonyl (C=O) groups is 2. The summed E-state index contributed by atoms with van der Waals surface area (Å²) in [6.07, 6.45) is 3.09. The molecule has 15 heavy (non-hydrogen) atoms. The Morgan fingerprint density at radius 3 is 2.53 bits per heavy atom. The highest BCUT2D eigenvalue weighted by Gasteiger charge is 2.25. The molecule has 0 aliphatic carbocycles. The summed E-state index contributed by atoms with van der Waals surface area (Å²) in [4.78, 5) is 22.3. The summed E-state index contributed by atoms with van der Waals surface area (Å²) in [6, 6.07) is 0.429. The highest BCUT2D eigenvalue weighted by atomic mass is 16.2. The van der Waals surface area contributed by atoms with Crippen LogP contribution in [0.2, 0.25) is 0 Å². The van der Waals surface area contributed by atoms with E-state index in [9.17, 15) is 9.59 Å². The second kappa shape index (κ2) is 4.61. The first kappa shape index (κ1) is 10.4. The lowest BCUT2D eigenvalue weighted by molar-refractivity contribution is -0.121. The lowest BCUT2D eigenvalue weighted by Gasteiger charge is -2.19. The monoisotopic (exact) mass is 211 g/mol. The third-order valence-electron chi connectivity index (χ3n) is 2.93. The van der Waals surface area contributed by atoms with Gasteiger partial charge in [-0.2, -0.15) is 0 Å². The van der Waals surface area contributed by atoms with Crippen LogP contribution < -0.4 is 16.0 Å². The summed E-state index contributed by atoms with van der Waals surface area (Å²) < 4.78 is 0. The molecular weight excluding hydrogens is 194 g/mol. The fourth-order valence-corrected chi connectivity index (χ4v) is 2.17. The Hall–Kier alpha value is -1.10. The van der Waals surface area contributed by atoms with Crippen molar-refractivity contribution in [2.45, 2.75) is 37.8 Å². The van der Waals surface area contributed by atoms with Crippen LogP contribution in [0.25, 0.3) is 0 Å². The van der Waals surface area contributed by atoms with Crippen molar-refractivity contribution in [3.05, 3.63) is 0 Å². The summed E-state index contributed by atoms with van der Waals surface area (Å²) >= 11 is 0. The van der Waals surface area contributed by atoms with E-state index in [-0.39, 0.29) is 23.9 Å². The lowest BCUT2D eigenvalue weighted by atomic mass is 10.1. The number of amides is 2. The average molecular weight is 211 g/mol. The number of rotatable bonds is 2. The van der Waals surface area contributed by atoms with Gasteiger partial charge in [0.25, 0.3) is 0 Å². The van der Waals surface area contributed by atoms with Gasteiger partial charge in [-0.3, -0.25) is 9.59 Å². The molecule has 2 aliphatic rings. The van der Waals surface area contributed by atoms with Crippen molar-refractivity contribution < 1.29 is 9.59 Å². The summed E-state index contributed by atoms with van der Waals surface area (Å²) in [5.41, 5.74) is 0. The minimum absolute atomic E-state index is 0.102. The van der Waals surface area contributed by atoms with Crippen molar-refractivity contribution in [3.8, 4) is 0 Å². The summed E-state index contributed by atoms with van der Waals surface area (Å²) in [5, 5.41) is 9.01. The van der Waals surface area contributed by atoms with Crippen LogP contribution in [-0.4, -0.2) is 37.0 Å². The predicted octanol–water partition coefficient (Wildman–Crippen LogP) is -0.867. The molecule has 2 saturated heterocycles. The topological polar surface area (TPSA) is 70.2 Å². The van der Waals surface area contributed by atoms with Crippen molar-refractivity contribution in [2.75, 3.05) is 13.1 Å². The van der Waals surface area contributed by atoms with E-state index in [0.29, 0.717) is 19.4 Å². The van der Waals surface area contributed by atoms with Gasteiger partial charge in [0.2, 0.25) is 11.8 Å². The first-order chi connectivity index (χ1) is 7.24. The molecule has 2 amide bonds. The minimum Gasteiger partial charge on any atom is -0.356 e. The van der Waals surface area contributed by atoms with E-state index in [2.05, 4.69) is 16.0 Å². The first-order valence-electron chi connectivity index (χ1n) is 5.53. The van der Waals surface area contributed by atoms with Gasteiger partial charge in [0.1, 0.15) is 0 Å². The molecule has 0 spiro atoms. The van der Waals surface area contributed by atoms with Crippen molar-refractivity contribution >= 4 is 11.8 Å². The average Bonchev–Trinajstić information content (AvgIpc) is 2.46. The second-order valence-corrected chi connectivity index (χ2v) is 4.27. The molecule has 0 aromatic heterocycles. The normalized spacial score (nSPS) is 32.0. The van der Waals surface area contributed by atoms with Crippen LogP contribution in [0.15, 0.2) is 0 Å². The molecule has 0 radical (unpaired) electrons. The van der Waals surface area contributed by atoms with Gasteiger partial charge in [0.15, 0.2) is 0 Å². The van der Waals surface area contributed by atoms with Gasteiger partial charge >= 0.3 is 0 Å². The fourth-order valence-electron chi connectivity index (χ4n) is 2.17. The van der Waals surface area contributed by atoms with Gasteiger partial charge in [-0.15, -0.1) is 0 Å². The maximum atomic E-state index is 11.3. The summed E-state index contributed by atoms with van der Waals surface area (Å²) in [6.45, 7) is 1.47. The molecule has 2 unspecified atom stereocenters. The third kappa shape index (κ3) is 2.92. The lowest BCUT2D eigenvalue weighted by Crippen LogP contribution is -2.40. The fraction of sp³-hybridized carbons (Fsp3) is 0.800. The molecule has 0 aromatic carbocycles. The van der Waals surface area contributed by atoms with E-state index >= 15 is 0 Å². The summed E-state index contributed by atoms with van der Waals surface area (Å²) in [5.74, 6) is 0.216. The van der Waals surface area contributed by atoms with E-state index in [1.807, 2.05) is 0 Å². The van der Waals surface area contributed by atoms with Crippen molar-refractivity contribution in [1.82, 2.24) is 16.0 Å². The maximum absolute atomic E-state index is 11.3. The standard InChI is InChI=1S/C10H17N3O2/c14-9-4-7(2-1-3-11-9)13-8-5-10(15)12-6-8/h7-8,13H,1-6H2,(H,11,14)(H,12,15). The number of hydrogen-bond donors (Lipinski definition) is 3. The largest absolute Gasteiger partial charge is 0.356 e. The Kier molecular flexibility index (Phi) is 3.20. The van der Waals surface area contributed by atoms with Crippen LogP contribution in [0, 0.1) is 0 Å². The Balaban J connectivity index is 1.82. The number of nitrogens with one attached hydrogen (secondary N) is 3. The van der Waals surface area contributed by atoms with Gasteiger partial charge in [-0.25, -0.2) is 0 Å². The molecule has 3 N–H and O–H groups in total. The molecule has 5 heteroatoms. The van der Waals surface area contributed by atoms with Crippen LogP contribution in [-0.2, 0) is 9.59 Å². The molecule has 2 atom stereocenters.